The van der Waals surface area contributed by atoms with Crippen LogP contribution in [0.2, 0.25) is 0 Å². The predicted octanol–water partition coefficient (Wildman–Crippen LogP) is 1.94. The van der Waals surface area contributed by atoms with Gasteiger partial charge < -0.3 is 4.74 Å². The Kier molecular flexibility index (Phi) is 3.61. The van der Waals surface area contributed by atoms with E-state index in [1.54, 1.807) is 0 Å². The first-order valence-corrected chi connectivity index (χ1v) is 6.11. The zero-order valence-electron chi connectivity index (χ0n) is 9.37. The van der Waals surface area contributed by atoms with Crippen molar-refractivity contribution in [3.05, 3.63) is 0 Å². The highest BCUT2D eigenvalue weighted by atomic mass is 16.5. The molecule has 0 N–H and O–H groups in total. The lowest BCUT2D eigenvalue weighted by molar-refractivity contribution is -0.0179. The molecule has 2 aliphatic heterocycles. The van der Waals surface area contributed by atoms with E-state index in [4.69, 9.17) is 4.74 Å². The van der Waals surface area contributed by atoms with Crippen molar-refractivity contribution >= 4 is 0 Å². The molecule has 2 rings (SSSR count). The lowest BCUT2D eigenvalue weighted by atomic mass is 9.91. The second-order valence-corrected chi connectivity index (χ2v) is 4.70. The SMILES string of the molecule is N#CC1(N2CCCCCC2)CCCOC1. The van der Waals surface area contributed by atoms with Crippen LogP contribution in [0.25, 0.3) is 0 Å². The Balaban J connectivity index is 2.06. The van der Waals surface area contributed by atoms with Crippen molar-refractivity contribution in [1.82, 2.24) is 4.90 Å². The van der Waals surface area contributed by atoms with Gasteiger partial charge in [0.25, 0.3) is 0 Å². The Labute approximate surface area is 92.0 Å². The zero-order chi connectivity index (χ0) is 10.6. The molecule has 3 heteroatoms. The highest BCUT2D eigenvalue weighted by Crippen LogP contribution is 2.28. The number of hydrogen-bond acceptors (Lipinski definition) is 3. The largest absolute Gasteiger partial charge is 0.378 e. The summed E-state index contributed by atoms with van der Waals surface area (Å²) < 4.78 is 5.51. The van der Waals surface area contributed by atoms with Crippen molar-refractivity contribution in [3.8, 4) is 6.07 Å². The van der Waals surface area contributed by atoms with Gasteiger partial charge in [0.2, 0.25) is 0 Å². The number of nitriles is 1. The van der Waals surface area contributed by atoms with Gasteiger partial charge in [0.1, 0.15) is 5.54 Å². The molecular formula is C12H20N2O. The van der Waals surface area contributed by atoms with Crippen molar-refractivity contribution in [2.45, 2.75) is 44.1 Å². The maximum Gasteiger partial charge on any atom is 0.132 e. The van der Waals surface area contributed by atoms with Crippen LogP contribution in [0.4, 0.5) is 0 Å². The van der Waals surface area contributed by atoms with Gasteiger partial charge in [-0.15, -0.1) is 0 Å². The lowest BCUT2D eigenvalue weighted by Crippen LogP contribution is -2.53. The second kappa shape index (κ2) is 4.96. The van der Waals surface area contributed by atoms with E-state index in [2.05, 4.69) is 11.0 Å². The first-order chi connectivity index (χ1) is 7.37. The third-order valence-corrected chi connectivity index (χ3v) is 3.64. The van der Waals surface area contributed by atoms with E-state index in [0.29, 0.717) is 6.61 Å². The Morgan fingerprint density at radius 2 is 1.80 bits per heavy atom. The van der Waals surface area contributed by atoms with Crippen LogP contribution >= 0.6 is 0 Å². The molecule has 0 saturated carbocycles. The molecule has 15 heavy (non-hydrogen) atoms. The van der Waals surface area contributed by atoms with E-state index in [1.165, 1.54) is 25.7 Å². The molecule has 1 unspecified atom stereocenters. The molecule has 2 heterocycles. The topological polar surface area (TPSA) is 36.3 Å². The molecular weight excluding hydrogens is 188 g/mol. The van der Waals surface area contributed by atoms with Crippen LogP contribution < -0.4 is 0 Å². The highest BCUT2D eigenvalue weighted by Gasteiger charge is 2.38. The van der Waals surface area contributed by atoms with Crippen molar-refractivity contribution in [3.63, 3.8) is 0 Å². The second-order valence-electron chi connectivity index (χ2n) is 4.70. The van der Waals surface area contributed by atoms with Crippen LogP contribution in [0.5, 0.6) is 0 Å². The molecule has 0 aromatic carbocycles. The van der Waals surface area contributed by atoms with Crippen LogP contribution in [-0.2, 0) is 4.74 Å². The number of nitrogens with zero attached hydrogens (tertiary/aromatic N) is 2. The van der Waals surface area contributed by atoms with Gasteiger partial charge in [-0.25, -0.2) is 0 Å². The van der Waals surface area contributed by atoms with Crippen molar-refractivity contribution in [2.75, 3.05) is 26.3 Å². The van der Waals surface area contributed by atoms with Crippen LogP contribution in [0.15, 0.2) is 0 Å². The Hall–Kier alpha value is -0.590. The number of likely N-dealkylation sites (tertiary alicyclic amines) is 1. The van der Waals surface area contributed by atoms with Gasteiger partial charge in [-0.2, -0.15) is 5.26 Å². The minimum absolute atomic E-state index is 0.303. The molecule has 2 fully saturated rings. The van der Waals surface area contributed by atoms with Gasteiger partial charge in [0, 0.05) is 6.61 Å². The molecule has 3 nitrogen and oxygen atoms in total. The van der Waals surface area contributed by atoms with Gasteiger partial charge in [-0.05, 0) is 38.8 Å². The molecule has 0 aliphatic carbocycles. The molecule has 0 aromatic heterocycles. The standard InChI is InChI=1S/C12H20N2O/c13-10-12(6-5-9-15-11-12)14-7-3-1-2-4-8-14/h1-9,11H2. The van der Waals surface area contributed by atoms with Gasteiger partial charge >= 0.3 is 0 Å². The molecule has 0 bridgehead atoms. The van der Waals surface area contributed by atoms with Crippen LogP contribution in [-0.4, -0.2) is 36.7 Å². The van der Waals surface area contributed by atoms with Gasteiger partial charge in [0.05, 0.1) is 12.7 Å². The van der Waals surface area contributed by atoms with Gasteiger partial charge in [-0.3, -0.25) is 4.90 Å². The normalized spacial score (nSPS) is 34.3. The van der Waals surface area contributed by atoms with Crippen molar-refractivity contribution < 1.29 is 4.74 Å². The van der Waals surface area contributed by atoms with E-state index in [0.717, 1.165) is 32.5 Å². The summed E-state index contributed by atoms with van der Waals surface area (Å²) in [5.74, 6) is 0. The van der Waals surface area contributed by atoms with Crippen LogP contribution in [0.3, 0.4) is 0 Å². The first-order valence-electron chi connectivity index (χ1n) is 6.11. The third-order valence-electron chi connectivity index (χ3n) is 3.64. The molecule has 0 radical (unpaired) electrons. The molecule has 2 saturated heterocycles. The fourth-order valence-electron chi connectivity index (χ4n) is 2.69. The monoisotopic (exact) mass is 208 g/mol. The van der Waals surface area contributed by atoms with Crippen LogP contribution in [0, 0.1) is 11.3 Å². The summed E-state index contributed by atoms with van der Waals surface area (Å²) in [6.45, 7) is 3.61. The summed E-state index contributed by atoms with van der Waals surface area (Å²) in [6.07, 6.45) is 7.14. The Morgan fingerprint density at radius 1 is 1.07 bits per heavy atom. The van der Waals surface area contributed by atoms with E-state index in [1.807, 2.05) is 0 Å². The molecule has 84 valence electrons. The lowest BCUT2D eigenvalue weighted by Gasteiger charge is -2.40. The minimum atomic E-state index is -0.303. The number of ether oxygens (including phenoxy) is 1. The third kappa shape index (κ3) is 2.32. The minimum Gasteiger partial charge on any atom is -0.378 e. The summed E-state index contributed by atoms with van der Waals surface area (Å²) in [5.41, 5.74) is -0.303. The smallest absolute Gasteiger partial charge is 0.132 e. The molecule has 0 amide bonds. The average Bonchev–Trinajstić information content (AvgIpc) is 2.59. The fraction of sp³-hybridized carbons (Fsp3) is 0.917. The number of rotatable bonds is 1. The summed E-state index contributed by atoms with van der Waals surface area (Å²) in [4.78, 5) is 2.37. The highest BCUT2D eigenvalue weighted by molar-refractivity contribution is 5.10. The number of hydrogen-bond donors (Lipinski definition) is 0. The Bertz CT molecular complexity index is 232. The zero-order valence-corrected chi connectivity index (χ0v) is 9.37. The van der Waals surface area contributed by atoms with Crippen molar-refractivity contribution in [2.24, 2.45) is 0 Å². The molecule has 1 atom stereocenters. The van der Waals surface area contributed by atoms with E-state index >= 15 is 0 Å². The molecule has 2 aliphatic rings. The molecule has 0 aromatic rings. The summed E-state index contributed by atoms with van der Waals surface area (Å²) in [7, 11) is 0. The fourth-order valence-corrected chi connectivity index (χ4v) is 2.69. The van der Waals surface area contributed by atoms with E-state index < -0.39 is 0 Å². The van der Waals surface area contributed by atoms with Crippen LogP contribution in [0.1, 0.15) is 38.5 Å². The van der Waals surface area contributed by atoms with Gasteiger partial charge in [0.15, 0.2) is 0 Å². The Morgan fingerprint density at radius 3 is 2.33 bits per heavy atom. The van der Waals surface area contributed by atoms with Crippen molar-refractivity contribution in [1.29, 1.82) is 5.26 Å². The van der Waals surface area contributed by atoms with E-state index in [-0.39, 0.29) is 5.54 Å². The maximum absolute atomic E-state index is 9.41. The first kappa shape index (κ1) is 10.9. The average molecular weight is 208 g/mol. The predicted molar refractivity (Wildman–Crippen MR) is 58.4 cm³/mol. The molecule has 0 spiro atoms. The quantitative estimate of drug-likeness (QED) is 0.660. The maximum atomic E-state index is 9.41. The summed E-state index contributed by atoms with van der Waals surface area (Å²) >= 11 is 0. The summed E-state index contributed by atoms with van der Waals surface area (Å²) in [5, 5.41) is 9.41. The van der Waals surface area contributed by atoms with Gasteiger partial charge in [-0.1, -0.05) is 12.8 Å². The van der Waals surface area contributed by atoms with E-state index in [9.17, 15) is 5.26 Å². The summed E-state index contributed by atoms with van der Waals surface area (Å²) in [6, 6.07) is 2.52.